The summed E-state index contributed by atoms with van der Waals surface area (Å²) in [5, 5.41) is 11.9. The number of nitrogens with zero attached hydrogens (tertiary/aromatic N) is 5. The second-order valence-corrected chi connectivity index (χ2v) is 27.4. The van der Waals surface area contributed by atoms with Crippen molar-refractivity contribution in [1.29, 1.82) is 0 Å². The second kappa shape index (κ2) is 26.3. The van der Waals surface area contributed by atoms with Crippen LogP contribution in [0.4, 0.5) is 41.9 Å². The van der Waals surface area contributed by atoms with Crippen molar-refractivity contribution in [2.24, 2.45) is 23.7 Å². The molecular formula is C70H93N9O9. The molecule has 18 heteroatoms. The summed E-state index contributed by atoms with van der Waals surface area (Å²) in [6, 6.07) is 33.0. The van der Waals surface area contributed by atoms with E-state index in [4.69, 9.17) is 23.7 Å². The molecule has 4 spiro atoms. The van der Waals surface area contributed by atoms with E-state index in [0.29, 0.717) is 6.04 Å². The Morgan fingerprint density at radius 2 is 0.898 bits per heavy atom. The highest BCUT2D eigenvalue weighted by atomic mass is 16.6. The molecule has 17 rings (SSSR count). The van der Waals surface area contributed by atoms with Gasteiger partial charge in [0.15, 0.2) is 0 Å². The Kier molecular flexibility index (Phi) is 18.1. The summed E-state index contributed by atoms with van der Waals surface area (Å²) in [5.74, 6) is 3.63. The monoisotopic (exact) mass is 1200 g/mol. The van der Waals surface area contributed by atoms with Crippen molar-refractivity contribution >= 4 is 47.1 Å². The molecule has 4 aromatic rings. The maximum Gasteiger partial charge on any atom is 0.414 e. The summed E-state index contributed by atoms with van der Waals surface area (Å²) in [7, 11) is 3.87. The van der Waals surface area contributed by atoms with Gasteiger partial charge in [0.1, 0.15) is 22.4 Å². The third kappa shape index (κ3) is 12.9. The van der Waals surface area contributed by atoms with Gasteiger partial charge in [-0.15, -0.1) is 0 Å². The zero-order valence-electron chi connectivity index (χ0n) is 52.0. The van der Waals surface area contributed by atoms with E-state index in [1.54, 1.807) is 11.9 Å². The molecule has 0 aromatic heterocycles. The van der Waals surface area contributed by atoms with Gasteiger partial charge in [0.25, 0.3) is 0 Å². The molecular weight excluding hydrogens is 1110 g/mol. The van der Waals surface area contributed by atoms with Gasteiger partial charge >= 0.3 is 24.4 Å². The van der Waals surface area contributed by atoms with Gasteiger partial charge in [-0.2, -0.15) is 0 Å². The number of amides is 4. The van der Waals surface area contributed by atoms with Gasteiger partial charge in [-0.3, -0.25) is 25.8 Å². The minimum Gasteiger partial charge on any atom is -0.438 e. The molecule has 4 N–H and O–H groups in total. The fraction of sp³-hybridized carbons (Fsp3) is 0.600. The molecule has 3 aliphatic carbocycles. The Morgan fingerprint density at radius 3 is 1.39 bits per heavy atom. The van der Waals surface area contributed by atoms with Crippen molar-refractivity contribution < 1.29 is 42.9 Å². The largest absolute Gasteiger partial charge is 0.438 e. The Hall–Kier alpha value is -6.28. The Bertz CT molecular complexity index is 3090. The fourth-order valence-electron chi connectivity index (χ4n) is 17.1. The van der Waals surface area contributed by atoms with Crippen LogP contribution in [0.3, 0.4) is 0 Å². The van der Waals surface area contributed by atoms with Crippen molar-refractivity contribution in [3.8, 4) is 0 Å². The number of para-hydroxylation sites is 4. The van der Waals surface area contributed by atoms with Crippen molar-refractivity contribution in [3.05, 3.63) is 119 Å². The van der Waals surface area contributed by atoms with Crippen molar-refractivity contribution in [2.45, 2.75) is 138 Å². The second-order valence-electron chi connectivity index (χ2n) is 27.4. The maximum atomic E-state index is 12.0. The maximum absolute atomic E-state index is 12.0. The topological polar surface area (TPSA) is 179 Å². The highest BCUT2D eigenvalue weighted by Crippen LogP contribution is 2.50. The van der Waals surface area contributed by atoms with Crippen LogP contribution in [0, 0.1) is 23.7 Å². The van der Waals surface area contributed by atoms with Crippen LogP contribution in [0.15, 0.2) is 97.1 Å². The first-order valence-corrected chi connectivity index (χ1v) is 33.4. The molecule has 4 amide bonds. The highest BCUT2D eigenvalue weighted by molar-refractivity contribution is 5.92. The van der Waals surface area contributed by atoms with Gasteiger partial charge in [-0.25, -0.2) is 19.2 Å². The molecule has 10 heterocycles. The molecule has 9 fully saturated rings. The summed E-state index contributed by atoms with van der Waals surface area (Å²) in [4.78, 5) is 59.5. The van der Waals surface area contributed by atoms with Crippen LogP contribution in [-0.2, 0) is 46.1 Å². The van der Waals surface area contributed by atoms with Crippen molar-refractivity contribution in [3.63, 3.8) is 0 Å². The van der Waals surface area contributed by atoms with Crippen LogP contribution < -0.4 is 26.2 Å². The van der Waals surface area contributed by atoms with Crippen LogP contribution in [0.1, 0.15) is 131 Å². The van der Waals surface area contributed by atoms with E-state index < -0.39 is 22.4 Å². The lowest BCUT2D eigenvalue weighted by atomic mass is 9.64. The average molecular weight is 1200 g/mol. The number of hydrogen-bond donors (Lipinski definition) is 4. The van der Waals surface area contributed by atoms with Crippen LogP contribution in [0.2, 0.25) is 0 Å². The molecule has 1 atom stereocenters. The number of carbonyl (C=O) groups excluding carboxylic acids is 4. The number of carbonyl (C=O) groups is 4. The number of ether oxygens (including phenoxy) is 5. The number of likely N-dealkylation sites (tertiary alicyclic amines) is 4. The average Bonchev–Trinajstić information content (AvgIpc) is 1.16. The summed E-state index contributed by atoms with van der Waals surface area (Å²) in [6.07, 6.45) is 18.1. The molecule has 2 bridgehead atoms. The molecule has 13 aliphatic rings. The number of rotatable bonds is 5. The zero-order chi connectivity index (χ0) is 60.3. The molecule has 4 aromatic carbocycles. The van der Waals surface area contributed by atoms with Crippen LogP contribution in [0.5, 0.6) is 0 Å². The fourth-order valence-corrected chi connectivity index (χ4v) is 17.1. The molecule has 1 unspecified atom stereocenters. The van der Waals surface area contributed by atoms with Gasteiger partial charge in [-0.1, -0.05) is 85.6 Å². The minimum atomic E-state index is -0.439. The molecule has 472 valence electrons. The van der Waals surface area contributed by atoms with Gasteiger partial charge in [0.05, 0.1) is 22.7 Å². The summed E-state index contributed by atoms with van der Waals surface area (Å²) in [6.45, 7) is 14.4. The predicted octanol–water partition coefficient (Wildman–Crippen LogP) is 11.8. The number of nitrogens with one attached hydrogen (secondary N) is 4. The van der Waals surface area contributed by atoms with Gasteiger partial charge < -0.3 is 43.7 Å². The summed E-state index contributed by atoms with van der Waals surface area (Å²) >= 11 is 0. The quantitative estimate of drug-likeness (QED) is 0.139. The smallest absolute Gasteiger partial charge is 0.414 e. The van der Waals surface area contributed by atoms with Crippen LogP contribution >= 0.6 is 0 Å². The standard InChI is InChI=1S/C21H28N2O2.C18H24N2O3.C17H23N3O2.C14H18N2O2/c24-20-22-19-4-2-1-3-18(19)21(25-20)9-11-23(12-10-21)14-17-13-15-5-7-16(17)8-6-15;21-17-19-16-4-2-1-3-15(16)18(23-17)7-9-20(10-8-18)13-14-5-11-22-12-6-14;21-16-19-15-4-2-1-3-14(15)17(22-16)7-11-20(12-8-17)13-5-9-18-10-6-13;1-15-9-7-14(8-10-15)11-5-3-4-6-12(11)16(2)13(17)18-14/h1-4,15-17H,5-14H2,(H,22,24);1-4,14H,5-13H2,(H,19,21);1-4,13,18H,5-12H2,(H,19,21);3-6H,7-10H2,1-2H3. The molecule has 6 saturated heterocycles. The van der Waals surface area contributed by atoms with E-state index in [-0.39, 0.29) is 24.4 Å². The predicted molar refractivity (Wildman–Crippen MR) is 340 cm³/mol. The number of fused-ring (bicyclic) bond motifs is 11. The molecule has 0 radical (unpaired) electrons. The lowest BCUT2D eigenvalue weighted by Crippen LogP contribution is -2.52. The van der Waals surface area contributed by atoms with E-state index in [9.17, 15) is 19.2 Å². The molecule has 18 nitrogen and oxygen atoms in total. The minimum absolute atomic E-state index is 0.238. The number of hydrogen-bond acceptors (Lipinski definition) is 14. The SMILES string of the molecule is CN1CCC2(CC1)OC(=O)N(C)c1ccccc12.O=C1Nc2ccccc2C2(CCN(C3CCNCC3)CC2)O1.O=C1Nc2ccccc2C2(CCN(CC3CC4CCC3CC4)CC2)O1.O=C1Nc2ccccc2C2(CCN(CC3CCOCC3)CC2)O1. The third-order valence-electron chi connectivity index (χ3n) is 22.2. The van der Waals surface area contributed by atoms with Crippen LogP contribution in [0.25, 0.3) is 0 Å². The normalized spacial score (nSPS) is 27.0. The van der Waals surface area contributed by atoms with E-state index >= 15 is 0 Å². The van der Waals surface area contributed by atoms with Gasteiger partial charge in [0, 0.05) is 165 Å². The number of piperidine rings is 5. The highest BCUT2D eigenvalue weighted by Gasteiger charge is 2.49. The molecule has 10 aliphatic heterocycles. The van der Waals surface area contributed by atoms with E-state index in [1.807, 2.05) is 72.8 Å². The summed E-state index contributed by atoms with van der Waals surface area (Å²) in [5.41, 5.74) is 6.61. The summed E-state index contributed by atoms with van der Waals surface area (Å²) < 4.78 is 28.6. The molecule has 3 saturated carbocycles. The lowest BCUT2D eigenvalue weighted by Gasteiger charge is -2.47. The van der Waals surface area contributed by atoms with Gasteiger partial charge in [0.2, 0.25) is 0 Å². The van der Waals surface area contributed by atoms with E-state index in [1.165, 1.54) is 64.3 Å². The van der Waals surface area contributed by atoms with Gasteiger partial charge in [-0.05, 0) is 113 Å². The Labute approximate surface area is 520 Å². The van der Waals surface area contributed by atoms with Crippen molar-refractivity contribution in [2.75, 3.05) is 127 Å². The first-order chi connectivity index (χ1) is 42.9. The lowest BCUT2D eigenvalue weighted by molar-refractivity contribution is -0.0481. The third-order valence-corrected chi connectivity index (χ3v) is 22.2. The van der Waals surface area contributed by atoms with E-state index in [0.717, 1.165) is 205 Å². The Balaban J connectivity index is 0.000000109. The van der Waals surface area contributed by atoms with Crippen molar-refractivity contribution in [1.82, 2.24) is 24.9 Å². The number of benzene rings is 4. The van der Waals surface area contributed by atoms with E-state index in [2.05, 4.69) is 72.2 Å². The zero-order valence-corrected chi connectivity index (χ0v) is 52.0. The molecule has 88 heavy (non-hydrogen) atoms. The first kappa shape index (κ1) is 60.6. The first-order valence-electron chi connectivity index (χ1n) is 33.4. The Morgan fingerprint density at radius 1 is 0.466 bits per heavy atom. The van der Waals surface area contributed by atoms with Crippen LogP contribution in [-0.4, -0.2) is 156 Å². The number of anilines is 4.